The molecule has 9 heavy (non-hydrogen) atoms. The summed E-state index contributed by atoms with van der Waals surface area (Å²) in [4.78, 5) is 0. The summed E-state index contributed by atoms with van der Waals surface area (Å²) in [6.07, 6.45) is 2.32. The lowest BCUT2D eigenvalue weighted by atomic mass is 10.6. The molecule has 0 aromatic heterocycles. The largest absolute Gasteiger partial charge is 0.354 e. The maximum atomic E-state index is 4.63. The molecule has 0 heterocycles. The van der Waals surface area contributed by atoms with Gasteiger partial charge in [0.2, 0.25) is 0 Å². The van der Waals surface area contributed by atoms with Gasteiger partial charge in [-0.05, 0) is 6.92 Å². The third-order valence-electron chi connectivity index (χ3n) is 0.465. The zero-order chi connectivity index (χ0) is 6.24. The standard InChI is InChI=1S/C7H7O.H3N.H2/c1-3-5-7-8-6-4-2;;/h2,7H2,1H3;1H3;1H/q+1;;. The smallest absolute Gasteiger partial charge is 0.344 e. The second-order valence-electron chi connectivity index (χ2n) is 0.994. The van der Waals surface area contributed by atoms with E-state index in [1.807, 2.05) is 0 Å². The average Bonchev–Trinajstić information content (AvgIpc) is 1.81. The van der Waals surface area contributed by atoms with Crippen LogP contribution in [-0.2, 0) is 4.74 Å². The zero-order valence-electron chi connectivity index (χ0n) is 5.53. The lowest BCUT2D eigenvalue weighted by Crippen LogP contribution is -1.79. The maximum absolute atomic E-state index is 4.63. The first-order valence-electron chi connectivity index (χ1n) is 2.20. The Morgan fingerprint density at radius 2 is 2.33 bits per heavy atom. The van der Waals surface area contributed by atoms with Crippen LogP contribution in [-0.4, -0.2) is 6.61 Å². The summed E-state index contributed by atoms with van der Waals surface area (Å²) in [6, 6.07) is 0. The average molecular weight is 126 g/mol. The number of hydrogen-bond acceptors (Lipinski definition) is 2. The lowest BCUT2D eigenvalue weighted by molar-refractivity contribution is 0.328. The van der Waals surface area contributed by atoms with Gasteiger partial charge in [-0.3, -0.25) is 0 Å². The van der Waals surface area contributed by atoms with E-state index in [9.17, 15) is 0 Å². The molecule has 0 aliphatic rings. The minimum atomic E-state index is 0. The van der Waals surface area contributed by atoms with Crippen molar-refractivity contribution in [1.82, 2.24) is 6.15 Å². The Labute approximate surface area is 57.7 Å². The van der Waals surface area contributed by atoms with Gasteiger partial charge in [0.15, 0.2) is 12.5 Å². The lowest BCUT2D eigenvalue weighted by Gasteiger charge is -1.73. The molecule has 50 valence electrons. The van der Waals surface area contributed by atoms with E-state index < -0.39 is 0 Å². The molecule has 0 aliphatic heterocycles. The highest BCUT2D eigenvalue weighted by atomic mass is 16.5. The van der Waals surface area contributed by atoms with Gasteiger partial charge in [-0.25, -0.2) is 0 Å². The molecular formula is C7H12NO+. The van der Waals surface area contributed by atoms with Gasteiger partial charge in [-0.1, -0.05) is 5.92 Å². The molecule has 2 nitrogen and oxygen atoms in total. The van der Waals surface area contributed by atoms with Crippen molar-refractivity contribution < 1.29 is 6.16 Å². The molecule has 3 N–H and O–H groups in total. The van der Waals surface area contributed by atoms with Crippen LogP contribution in [0.3, 0.4) is 0 Å². The van der Waals surface area contributed by atoms with Gasteiger partial charge < -0.3 is 10.9 Å². The Balaban J connectivity index is -0.000000245. The minimum absolute atomic E-state index is 0. The van der Waals surface area contributed by atoms with Crippen molar-refractivity contribution in [3.8, 4) is 23.9 Å². The van der Waals surface area contributed by atoms with Gasteiger partial charge in [0.1, 0.15) is 0 Å². The van der Waals surface area contributed by atoms with E-state index in [2.05, 4.69) is 35.5 Å². The molecule has 0 aromatic carbocycles. The zero-order valence-corrected chi connectivity index (χ0v) is 5.53. The van der Waals surface area contributed by atoms with E-state index in [1.165, 1.54) is 0 Å². The van der Waals surface area contributed by atoms with E-state index in [-0.39, 0.29) is 7.58 Å². The van der Waals surface area contributed by atoms with E-state index in [0.717, 1.165) is 0 Å². The summed E-state index contributed by atoms with van der Waals surface area (Å²) in [5.74, 6) is 7.68. The van der Waals surface area contributed by atoms with Gasteiger partial charge in [-0.15, -0.1) is 5.92 Å². The Morgan fingerprint density at radius 1 is 1.67 bits per heavy atom. The molecule has 0 fully saturated rings. The first kappa shape index (κ1) is 10.7. The van der Waals surface area contributed by atoms with Gasteiger partial charge in [0.25, 0.3) is 0 Å². The molecule has 0 amide bonds. The Morgan fingerprint density at radius 3 is 2.78 bits per heavy atom. The quantitative estimate of drug-likeness (QED) is 0.326. The second kappa shape index (κ2) is 9.89. The fraction of sp³-hybridized carbons (Fsp3) is 0.286. The van der Waals surface area contributed by atoms with Gasteiger partial charge in [0.05, 0.1) is 6.92 Å². The highest BCUT2D eigenvalue weighted by Gasteiger charge is 1.74. The van der Waals surface area contributed by atoms with Crippen LogP contribution in [0, 0.1) is 30.8 Å². The highest BCUT2D eigenvalue weighted by molar-refractivity contribution is 4.99. The summed E-state index contributed by atoms with van der Waals surface area (Å²) >= 11 is 0. The first-order valence-corrected chi connectivity index (χ1v) is 2.20. The molecule has 0 aromatic rings. The monoisotopic (exact) mass is 126 g/mol. The number of hydrogen-bond donors (Lipinski definition) is 1. The molecule has 0 aliphatic carbocycles. The fourth-order valence-corrected chi connectivity index (χ4v) is 0.195. The second-order valence-corrected chi connectivity index (χ2v) is 0.994. The topological polar surface area (TPSA) is 44.2 Å². The molecule has 2 heteroatoms. The Hall–Kier alpha value is -1.25. The minimum Gasteiger partial charge on any atom is -0.344 e. The van der Waals surface area contributed by atoms with Crippen molar-refractivity contribution in [3.63, 3.8) is 0 Å². The van der Waals surface area contributed by atoms with Crippen LogP contribution in [0.15, 0.2) is 0 Å². The maximum Gasteiger partial charge on any atom is 0.354 e. The third kappa shape index (κ3) is 10.8. The molecule has 0 radical (unpaired) electrons. The van der Waals surface area contributed by atoms with Crippen LogP contribution in [0.5, 0.6) is 0 Å². The molecule has 0 spiro atoms. The molecule has 0 saturated heterocycles. The molecule has 0 saturated carbocycles. The van der Waals surface area contributed by atoms with Crippen molar-refractivity contribution in [2.24, 2.45) is 0 Å². The molecule has 0 rings (SSSR count). The van der Waals surface area contributed by atoms with Crippen molar-refractivity contribution in [1.29, 1.82) is 0 Å². The summed E-state index contributed by atoms with van der Waals surface area (Å²) in [5, 5.41) is 0. The molecule has 0 unspecified atom stereocenters. The first-order chi connectivity index (χ1) is 3.91. The van der Waals surface area contributed by atoms with Crippen LogP contribution < -0.4 is 6.15 Å². The van der Waals surface area contributed by atoms with Crippen LogP contribution in [0.4, 0.5) is 0 Å². The predicted octanol–water partition coefficient (Wildman–Crippen LogP) is 1.23. The molecule has 0 bridgehead atoms. The predicted molar refractivity (Wildman–Crippen MR) is 39.7 cm³/mol. The molecular weight excluding hydrogens is 114 g/mol. The van der Waals surface area contributed by atoms with E-state index in [1.54, 1.807) is 6.92 Å². The van der Waals surface area contributed by atoms with Crippen molar-refractivity contribution in [2.75, 3.05) is 6.61 Å². The SMILES string of the molecule is N.[CH2+]C#COCC#CC.[HH]. The van der Waals surface area contributed by atoms with Gasteiger partial charge in [-0.2, -0.15) is 0 Å². The van der Waals surface area contributed by atoms with Crippen LogP contribution in [0.25, 0.3) is 0 Å². The van der Waals surface area contributed by atoms with Crippen molar-refractivity contribution >= 4 is 0 Å². The van der Waals surface area contributed by atoms with Crippen LogP contribution in [0.2, 0.25) is 0 Å². The van der Waals surface area contributed by atoms with E-state index >= 15 is 0 Å². The van der Waals surface area contributed by atoms with Crippen molar-refractivity contribution in [3.05, 3.63) is 6.92 Å². The Bertz CT molecular complexity index is 138. The Kier molecular flexibility index (Phi) is 11.7. The third-order valence-corrected chi connectivity index (χ3v) is 0.465. The summed E-state index contributed by atoms with van der Waals surface area (Å²) < 4.78 is 4.63. The van der Waals surface area contributed by atoms with Gasteiger partial charge in [0, 0.05) is 1.43 Å². The highest BCUT2D eigenvalue weighted by Crippen LogP contribution is 1.64. The molecule has 0 atom stereocenters. The van der Waals surface area contributed by atoms with Crippen LogP contribution in [0.1, 0.15) is 8.35 Å². The van der Waals surface area contributed by atoms with Crippen molar-refractivity contribution in [2.45, 2.75) is 6.92 Å². The number of ether oxygens (including phenoxy) is 1. The van der Waals surface area contributed by atoms with E-state index in [4.69, 9.17) is 0 Å². The summed E-state index contributed by atoms with van der Waals surface area (Å²) in [6.45, 7) is 5.37. The van der Waals surface area contributed by atoms with Gasteiger partial charge >= 0.3 is 6.11 Å². The summed E-state index contributed by atoms with van der Waals surface area (Å²) in [7, 11) is 0. The number of rotatable bonds is 1. The van der Waals surface area contributed by atoms with Crippen LogP contribution >= 0.6 is 0 Å². The fourth-order valence-electron chi connectivity index (χ4n) is 0.195. The summed E-state index contributed by atoms with van der Waals surface area (Å²) in [5.41, 5.74) is 0. The normalized spacial score (nSPS) is 4.56. The van der Waals surface area contributed by atoms with E-state index in [0.29, 0.717) is 6.61 Å².